The quantitative estimate of drug-likeness (QED) is 0.442. The van der Waals surface area contributed by atoms with Crippen LogP contribution in [0.5, 0.6) is 0 Å². The zero-order valence-electron chi connectivity index (χ0n) is 7.90. The van der Waals surface area contributed by atoms with Crippen molar-refractivity contribution >= 4 is 11.9 Å². The molecule has 1 aromatic rings. The first kappa shape index (κ1) is 10.1. The third kappa shape index (κ3) is 3.18. The number of nitrogens with two attached hydrogens (primary N) is 3. The molecule has 6 nitrogen and oxygen atoms in total. The highest BCUT2D eigenvalue weighted by atomic mass is 16.3. The minimum Gasteiger partial charge on any atom is -0.464 e. The standard InChI is InChI=1S/C8H13N5O/c1-5-2-3-6(14-5)4-12-8(11)13-7(9)10/h2-3H,4H2,1H3,(H6,9,10,11,12,13). The second-order valence-electron chi connectivity index (χ2n) is 2.72. The number of hydrogen-bond acceptors (Lipinski definition) is 2. The Morgan fingerprint density at radius 2 is 2.07 bits per heavy atom. The predicted molar refractivity (Wildman–Crippen MR) is 54.6 cm³/mol. The van der Waals surface area contributed by atoms with Crippen molar-refractivity contribution in [2.24, 2.45) is 27.2 Å². The fraction of sp³-hybridized carbons (Fsp3) is 0.250. The number of guanidine groups is 2. The first-order valence-corrected chi connectivity index (χ1v) is 4.03. The first-order valence-electron chi connectivity index (χ1n) is 4.03. The van der Waals surface area contributed by atoms with Crippen LogP contribution in [0.1, 0.15) is 11.5 Å². The average molecular weight is 195 g/mol. The lowest BCUT2D eigenvalue weighted by Gasteiger charge is -1.93. The number of hydrogen-bond donors (Lipinski definition) is 3. The van der Waals surface area contributed by atoms with Crippen LogP contribution in [0.15, 0.2) is 26.5 Å². The van der Waals surface area contributed by atoms with E-state index in [1.807, 2.05) is 19.1 Å². The van der Waals surface area contributed by atoms with Crippen molar-refractivity contribution in [2.45, 2.75) is 13.5 Å². The van der Waals surface area contributed by atoms with E-state index >= 15 is 0 Å². The SMILES string of the molecule is Cc1ccc(CN=C(N)N=C(N)N)o1. The number of aliphatic imine (C=N–C) groups is 2. The lowest BCUT2D eigenvalue weighted by molar-refractivity contribution is 0.486. The van der Waals surface area contributed by atoms with Gasteiger partial charge in [0.25, 0.3) is 0 Å². The summed E-state index contributed by atoms with van der Waals surface area (Å²) in [5, 5.41) is 0. The fourth-order valence-electron chi connectivity index (χ4n) is 0.897. The second kappa shape index (κ2) is 4.31. The Morgan fingerprint density at radius 1 is 1.36 bits per heavy atom. The van der Waals surface area contributed by atoms with E-state index < -0.39 is 0 Å². The molecule has 0 saturated carbocycles. The molecule has 76 valence electrons. The number of nitrogens with zero attached hydrogens (tertiary/aromatic N) is 2. The molecule has 1 aromatic heterocycles. The van der Waals surface area contributed by atoms with E-state index in [4.69, 9.17) is 21.6 Å². The van der Waals surface area contributed by atoms with Gasteiger partial charge in [-0.1, -0.05) is 0 Å². The molecule has 0 radical (unpaired) electrons. The van der Waals surface area contributed by atoms with Crippen molar-refractivity contribution in [3.8, 4) is 0 Å². The Morgan fingerprint density at radius 3 is 2.57 bits per heavy atom. The lowest BCUT2D eigenvalue weighted by Crippen LogP contribution is -2.26. The van der Waals surface area contributed by atoms with E-state index in [9.17, 15) is 0 Å². The van der Waals surface area contributed by atoms with Crippen LogP contribution >= 0.6 is 0 Å². The van der Waals surface area contributed by atoms with Gasteiger partial charge in [0.05, 0.1) is 0 Å². The van der Waals surface area contributed by atoms with Gasteiger partial charge >= 0.3 is 0 Å². The highest BCUT2D eigenvalue weighted by molar-refractivity contribution is 5.92. The Balaban J connectivity index is 2.59. The van der Waals surface area contributed by atoms with Crippen LogP contribution in [-0.4, -0.2) is 11.9 Å². The van der Waals surface area contributed by atoms with Gasteiger partial charge in [-0.05, 0) is 19.1 Å². The van der Waals surface area contributed by atoms with Gasteiger partial charge in [-0.25, -0.2) is 4.99 Å². The molecule has 0 aliphatic carbocycles. The molecule has 0 fully saturated rings. The molecule has 1 rings (SSSR count). The van der Waals surface area contributed by atoms with Crippen LogP contribution in [-0.2, 0) is 6.54 Å². The van der Waals surface area contributed by atoms with Gasteiger partial charge in [0, 0.05) is 0 Å². The number of furan rings is 1. The van der Waals surface area contributed by atoms with Gasteiger partial charge in [-0.15, -0.1) is 0 Å². The smallest absolute Gasteiger partial charge is 0.218 e. The summed E-state index contributed by atoms with van der Waals surface area (Å²) in [6.45, 7) is 2.18. The first-order chi connectivity index (χ1) is 6.58. The predicted octanol–water partition coefficient (Wildman–Crippen LogP) is -0.324. The average Bonchev–Trinajstić information content (AvgIpc) is 2.47. The van der Waals surface area contributed by atoms with E-state index in [2.05, 4.69) is 9.98 Å². The highest BCUT2D eigenvalue weighted by Crippen LogP contribution is 2.06. The molecule has 0 aromatic carbocycles. The Labute approximate surface area is 81.5 Å². The van der Waals surface area contributed by atoms with Crippen molar-refractivity contribution in [1.29, 1.82) is 0 Å². The normalized spacial score (nSPS) is 11.4. The summed E-state index contributed by atoms with van der Waals surface area (Å²) in [6.07, 6.45) is 0. The van der Waals surface area contributed by atoms with E-state index in [0.29, 0.717) is 6.54 Å². The molecule has 0 amide bonds. The molecule has 6 N–H and O–H groups in total. The molecule has 6 heteroatoms. The van der Waals surface area contributed by atoms with Gasteiger partial charge in [0.1, 0.15) is 18.1 Å². The van der Waals surface area contributed by atoms with Crippen molar-refractivity contribution in [3.63, 3.8) is 0 Å². The monoisotopic (exact) mass is 195 g/mol. The Kier molecular flexibility index (Phi) is 3.11. The van der Waals surface area contributed by atoms with Crippen LogP contribution in [0.4, 0.5) is 0 Å². The molecule has 0 saturated heterocycles. The number of rotatable bonds is 2. The largest absolute Gasteiger partial charge is 0.464 e. The fourth-order valence-corrected chi connectivity index (χ4v) is 0.897. The van der Waals surface area contributed by atoms with Crippen molar-refractivity contribution < 1.29 is 4.42 Å². The second-order valence-corrected chi connectivity index (χ2v) is 2.72. The molecule has 0 aliphatic rings. The minimum atomic E-state index is -0.109. The Hall–Kier alpha value is -1.98. The summed E-state index contributed by atoms with van der Waals surface area (Å²) in [6, 6.07) is 3.67. The molecule has 0 aliphatic heterocycles. The van der Waals surface area contributed by atoms with E-state index in [0.717, 1.165) is 11.5 Å². The van der Waals surface area contributed by atoms with Gasteiger partial charge in [-0.2, -0.15) is 4.99 Å². The molecule has 1 heterocycles. The molecular weight excluding hydrogens is 182 g/mol. The van der Waals surface area contributed by atoms with Crippen molar-refractivity contribution in [3.05, 3.63) is 23.7 Å². The molecule has 0 atom stereocenters. The maximum atomic E-state index is 5.39. The Bertz CT molecular complexity index is 362. The lowest BCUT2D eigenvalue weighted by atomic mass is 10.4. The third-order valence-electron chi connectivity index (χ3n) is 1.44. The van der Waals surface area contributed by atoms with Gasteiger partial charge in [0.15, 0.2) is 5.96 Å². The minimum absolute atomic E-state index is 0.0408. The maximum absolute atomic E-state index is 5.39. The molecular formula is C8H13N5O. The summed E-state index contributed by atoms with van der Waals surface area (Å²) in [5.41, 5.74) is 15.6. The van der Waals surface area contributed by atoms with Crippen LogP contribution in [0.2, 0.25) is 0 Å². The van der Waals surface area contributed by atoms with Crippen LogP contribution in [0.3, 0.4) is 0 Å². The van der Waals surface area contributed by atoms with Crippen LogP contribution in [0.25, 0.3) is 0 Å². The van der Waals surface area contributed by atoms with Gasteiger partial charge < -0.3 is 21.6 Å². The molecule has 0 bridgehead atoms. The summed E-state index contributed by atoms with van der Waals surface area (Å²) in [7, 11) is 0. The topological polar surface area (TPSA) is 116 Å². The van der Waals surface area contributed by atoms with Gasteiger partial charge in [-0.3, -0.25) is 0 Å². The van der Waals surface area contributed by atoms with Gasteiger partial charge in [0.2, 0.25) is 5.96 Å². The summed E-state index contributed by atoms with van der Waals surface area (Å²) >= 11 is 0. The van der Waals surface area contributed by atoms with E-state index in [1.54, 1.807) is 0 Å². The van der Waals surface area contributed by atoms with Crippen molar-refractivity contribution in [1.82, 2.24) is 0 Å². The van der Waals surface area contributed by atoms with E-state index in [-0.39, 0.29) is 11.9 Å². The zero-order chi connectivity index (χ0) is 10.6. The number of aryl methyl sites for hydroxylation is 1. The third-order valence-corrected chi connectivity index (χ3v) is 1.44. The highest BCUT2D eigenvalue weighted by Gasteiger charge is 1.96. The summed E-state index contributed by atoms with van der Waals surface area (Å²) in [4.78, 5) is 7.46. The van der Waals surface area contributed by atoms with Crippen molar-refractivity contribution in [2.75, 3.05) is 0 Å². The molecule has 0 unspecified atom stereocenters. The summed E-state index contributed by atoms with van der Waals surface area (Å²) < 4.78 is 5.27. The summed E-state index contributed by atoms with van der Waals surface area (Å²) in [5.74, 6) is 1.48. The molecule has 0 spiro atoms. The maximum Gasteiger partial charge on any atom is 0.218 e. The van der Waals surface area contributed by atoms with Crippen LogP contribution in [0, 0.1) is 6.92 Å². The zero-order valence-corrected chi connectivity index (χ0v) is 7.90. The van der Waals surface area contributed by atoms with E-state index in [1.165, 1.54) is 0 Å². The molecule has 14 heavy (non-hydrogen) atoms. The van der Waals surface area contributed by atoms with Crippen LogP contribution < -0.4 is 17.2 Å².